The van der Waals surface area contributed by atoms with Crippen molar-refractivity contribution in [2.24, 2.45) is 0 Å². The highest BCUT2D eigenvalue weighted by Crippen LogP contribution is 2.29. The van der Waals surface area contributed by atoms with Crippen LogP contribution in [0.3, 0.4) is 0 Å². The van der Waals surface area contributed by atoms with Crippen LogP contribution in [0, 0.1) is 0 Å². The summed E-state index contributed by atoms with van der Waals surface area (Å²) in [6, 6.07) is 6.76. The fourth-order valence-electron chi connectivity index (χ4n) is 3.75. The van der Waals surface area contributed by atoms with Crippen LogP contribution in [0.5, 0.6) is 5.75 Å². The molecule has 9 heteroatoms. The molecule has 2 N–H and O–H groups in total. The molecule has 156 valence electrons. The maximum Gasteiger partial charge on any atom is 0.260 e. The number of nitrogens with one attached hydrogen (secondary N) is 1. The average molecular weight is 431 g/mol. The summed E-state index contributed by atoms with van der Waals surface area (Å²) in [7, 11) is -3.51. The Balaban J connectivity index is 1.43. The van der Waals surface area contributed by atoms with E-state index >= 15 is 0 Å². The summed E-state index contributed by atoms with van der Waals surface area (Å²) < 4.78 is 33.1. The third-order valence-electron chi connectivity index (χ3n) is 5.55. The second-order valence-corrected chi connectivity index (χ2v) is 10.1. The number of sulfonamides is 1. The van der Waals surface area contributed by atoms with E-state index in [1.165, 1.54) is 0 Å². The number of amides is 1. The molecule has 1 aromatic carbocycles. The molecule has 1 aliphatic heterocycles. The van der Waals surface area contributed by atoms with Gasteiger partial charge in [0.1, 0.15) is 5.75 Å². The van der Waals surface area contributed by atoms with Crippen LogP contribution >= 0.6 is 11.6 Å². The third kappa shape index (κ3) is 5.59. The Bertz CT molecular complexity index is 770. The van der Waals surface area contributed by atoms with Gasteiger partial charge in [-0.05, 0) is 49.9 Å². The van der Waals surface area contributed by atoms with Crippen LogP contribution < -0.4 is 9.46 Å². The summed E-state index contributed by atoms with van der Waals surface area (Å²) >= 11 is 5.81. The first-order valence-corrected chi connectivity index (χ1v) is 11.6. The predicted molar refractivity (Wildman–Crippen MR) is 107 cm³/mol. The van der Waals surface area contributed by atoms with Gasteiger partial charge in [-0.15, -0.1) is 0 Å². The summed E-state index contributed by atoms with van der Waals surface area (Å²) in [6.45, 7) is 0.727. The van der Waals surface area contributed by atoms with Crippen molar-refractivity contribution < 1.29 is 23.1 Å². The lowest BCUT2D eigenvalue weighted by Crippen LogP contribution is -2.49. The van der Waals surface area contributed by atoms with Gasteiger partial charge in [-0.3, -0.25) is 4.79 Å². The topological polar surface area (TPSA) is 95.9 Å². The molecule has 7 nitrogen and oxygen atoms in total. The van der Waals surface area contributed by atoms with Crippen molar-refractivity contribution in [3.63, 3.8) is 0 Å². The normalized spacial score (nSPS) is 20.3. The molecule has 0 bridgehead atoms. The van der Waals surface area contributed by atoms with Crippen molar-refractivity contribution in [3.8, 4) is 5.75 Å². The van der Waals surface area contributed by atoms with Crippen LogP contribution in [-0.4, -0.2) is 61.4 Å². The highest BCUT2D eigenvalue weighted by molar-refractivity contribution is 7.90. The number of hydrogen-bond donors (Lipinski definition) is 2. The van der Waals surface area contributed by atoms with Gasteiger partial charge in [-0.1, -0.05) is 24.4 Å². The molecule has 28 heavy (non-hydrogen) atoms. The van der Waals surface area contributed by atoms with E-state index in [1.807, 2.05) is 0 Å². The summed E-state index contributed by atoms with van der Waals surface area (Å²) in [5.41, 5.74) is -0.914. The van der Waals surface area contributed by atoms with E-state index in [4.69, 9.17) is 16.3 Å². The number of benzene rings is 1. The maximum absolute atomic E-state index is 12.5. The van der Waals surface area contributed by atoms with Gasteiger partial charge in [0.2, 0.25) is 10.0 Å². The van der Waals surface area contributed by atoms with Gasteiger partial charge in [0.15, 0.2) is 6.61 Å². The molecular weight excluding hydrogens is 404 g/mol. The lowest BCUT2D eigenvalue weighted by molar-refractivity contribution is -0.134. The fraction of sp³-hybridized carbons (Fsp3) is 0.632. The van der Waals surface area contributed by atoms with Crippen molar-refractivity contribution in [1.82, 2.24) is 9.62 Å². The molecule has 0 aromatic heterocycles. The lowest BCUT2D eigenvalue weighted by Gasteiger charge is -2.32. The Labute approximate surface area is 171 Å². The molecule has 0 radical (unpaired) electrons. The van der Waals surface area contributed by atoms with E-state index < -0.39 is 20.9 Å². The first-order valence-electron chi connectivity index (χ1n) is 9.64. The number of piperidine rings is 1. The predicted octanol–water partition coefficient (Wildman–Crippen LogP) is 1.93. The number of aliphatic hydroxyl groups is 1. The first-order chi connectivity index (χ1) is 13.3. The standard InChI is InChI=1S/C19H27ClN2O5S/c20-15-3-5-16(6-4-15)27-13-18(23)22-11-7-17(8-12-22)28(25,26)21-14-19(24)9-1-2-10-19/h3-6,17,21,24H,1-2,7-14H2. The SMILES string of the molecule is O=C(COc1ccc(Cl)cc1)N1CCC(S(=O)(=O)NCC2(O)CCCC2)CC1. The minimum absolute atomic E-state index is 0.0728. The Morgan fingerprint density at radius 2 is 1.82 bits per heavy atom. The Hall–Kier alpha value is -1.35. The van der Waals surface area contributed by atoms with Crippen LogP contribution in [0.1, 0.15) is 38.5 Å². The largest absolute Gasteiger partial charge is 0.484 e. The number of halogens is 1. The average Bonchev–Trinajstić information content (AvgIpc) is 3.13. The molecule has 1 aliphatic carbocycles. The Morgan fingerprint density at radius 1 is 1.21 bits per heavy atom. The fourth-order valence-corrected chi connectivity index (χ4v) is 5.41. The van der Waals surface area contributed by atoms with Gasteiger partial charge in [-0.25, -0.2) is 13.1 Å². The van der Waals surface area contributed by atoms with Crippen LogP contribution in [0.25, 0.3) is 0 Å². The van der Waals surface area contributed by atoms with Crippen LogP contribution in [0.2, 0.25) is 5.02 Å². The van der Waals surface area contributed by atoms with Gasteiger partial charge in [0.25, 0.3) is 5.91 Å². The summed E-state index contributed by atoms with van der Waals surface area (Å²) in [6.07, 6.45) is 3.88. The minimum atomic E-state index is -3.51. The van der Waals surface area contributed by atoms with Crippen molar-refractivity contribution in [3.05, 3.63) is 29.3 Å². The van der Waals surface area contributed by atoms with Crippen molar-refractivity contribution >= 4 is 27.5 Å². The number of likely N-dealkylation sites (tertiary alicyclic amines) is 1. The highest BCUT2D eigenvalue weighted by atomic mass is 35.5. The van der Waals surface area contributed by atoms with Crippen LogP contribution in [0.4, 0.5) is 0 Å². The van der Waals surface area contributed by atoms with Gasteiger partial charge in [0, 0.05) is 24.7 Å². The zero-order valence-electron chi connectivity index (χ0n) is 15.8. The van der Waals surface area contributed by atoms with Crippen LogP contribution in [-0.2, 0) is 14.8 Å². The van der Waals surface area contributed by atoms with Crippen molar-refractivity contribution in [1.29, 1.82) is 0 Å². The number of ether oxygens (including phenoxy) is 1. The van der Waals surface area contributed by atoms with Gasteiger partial charge in [-0.2, -0.15) is 0 Å². The molecule has 0 unspecified atom stereocenters. The second kappa shape index (κ2) is 8.98. The third-order valence-corrected chi connectivity index (χ3v) is 7.69. The molecule has 0 spiro atoms. The van der Waals surface area contributed by atoms with E-state index in [-0.39, 0.29) is 19.1 Å². The van der Waals surface area contributed by atoms with E-state index in [0.29, 0.717) is 49.5 Å². The Kier molecular flexibility index (Phi) is 6.85. The summed E-state index contributed by atoms with van der Waals surface area (Å²) in [5, 5.41) is 10.4. The lowest BCUT2D eigenvalue weighted by atomic mass is 10.0. The van der Waals surface area contributed by atoms with E-state index in [1.54, 1.807) is 29.2 Å². The molecule has 2 fully saturated rings. The molecule has 1 heterocycles. The molecular formula is C19H27ClN2O5S. The number of carbonyl (C=O) groups excluding carboxylic acids is 1. The van der Waals surface area contributed by atoms with Gasteiger partial charge < -0.3 is 14.7 Å². The number of carbonyl (C=O) groups is 1. The summed E-state index contributed by atoms with van der Waals surface area (Å²) in [5.74, 6) is 0.392. The number of hydrogen-bond acceptors (Lipinski definition) is 5. The number of nitrogens with zero attached hydrogens (tertiary/aromatic N) is 1. The Morgan fingerprint density at radius 3 is 2.43 bits per heavy atom. The van der Waals surface area contributed by atoms with Gasteiger partial charge in [0.05, 0.1) is 10.9 Å². The van der Waals surface area contributed by atoms with Gasteiger partial charge >= 0.3 is 0 Å². The molecule has 1 aromatic rings. The quantitative estimate of drug-likeness (QED) is 0.689. The molecule has 1 saturated carbocycles. The zero-order valence-corrected chi connectivity index (χ0v) is 17.3. The zero-order chi connectivity index (χ0) is 20.2. The molecule has 3 rings (SSSR count). The smallest absolute Gasteiger partial charge is 0.260 e. The van der Waals surface area contributed by atoms with Crippen molar-refractivity contribution in [2.75, 3.05) is 26.2 Å². The molecule has 1 amide bonds. The van der Waals surface area contributed by atoms with Crippen molar-refractivity contribution in [2.45, 2.75) is 49.4 Å². The van der Waals surface area contributed by atoms with E-state index in [9.17, 15) is 18.3 Å². The first kappa shape index (κ1) is 21.4. The molecule has 1 saturated heterocycles. The molecule has 2 aliphatic rings. The summed E-state index contributed by atoms with van der Waals surface area (Å²) in [4.78, 5) is 13.9. The minimum Gasteiger partial charge on any atom is -0.484 e. The maximum atomic E-state index is 12.5. The number of rotatable bonds is 7. The highest BCUT2D eigenvalue weighted by Gasteiger charge is 2.36. The van der Waals surface area contributed by atoms with Crippen LogP contribution in [0.15, 0.2) is 24.3 Å². The van der Waals surface area contributed by atoms with E-state index in [0.717, 1.165) is 12.8 Å². The molecule has 0 atom stereocenters. The second-order valence-electron chi connectivity index (χ2n) is 7.62. The van der Waals surface area contributed by atoms with E-state index in [2.05, 4.69) is 4.72 Å². The monoisotopic (exact) mass is 430 g/mol.